The summed E-state index contributed by atoms with van der Waals surface area (Å²) in [6.45, 7) is -0.305. The first-order chi connectivity index (χ1) is 10.6. The summed E-state index contributed by atoms with van der Waals surface area (Å²) in [5.74, 6) is -0.808. The minimum Gasteiger partial charge on any atom is -0.347 e. The molecule has 0 bridgehead atoms. The summed E-state index contributed by atoms with van der Waals surface area (Å²) in [4.78, 5) is 23.1. The third kappa shape index (κ3) is 5.48. The van der Waals surface area contributed by atoms with Crippen molar-refractivity contribution in [3.05, 3.63) is 35.6 Å². The number of benzene rings is 1. The highest BCUT2D eigenvalue weighted by Gasteiger charge is 2.29. The van der Waals surface area contributed by atoms with Crippen molar-refractivity contribution in [2.45, 2.75) is 31.7 Å². The molecule has 1 aromatic rings. The van der Waals surface area contributed by atoms with Crippen molar-refractivity contribution in [2.24, 2.45) is 11.7 Å². The van der Waals surface area contributed by atoms with E-state index in [-0.39, 0.29) is 49.2 Å². The number of amides is 2. The predicted octanol–water partition coefficient (Wildman–Crippen LogP) is 1.67. The molecule has 1 aliphatic carbocycles. The summed E-state index contributed by atoms with van der Waals surface area (Å²) in [5, 5.41) is 5.29. The number of rotatable bonds is 6. The van der Waals surface area contributed by atoms with Crippen molar-refractivity contribution >= 4 is 24.2 Å². The average molecular weight is 344 g/mol. The van der Waals surface area contributed by atoms with Gasteiger partial charge in [0.2, 0.25) is 11.8 Å². The molecule has 1 fully saturated rings. The summed E-state index contributed by atoms with van der Waals surface area (Å²) in [6.07, 6.45) is 4.12. The van der Waals surface area contributed by atoms with Crippen molar-refractivity contribution in [1.29, 1.82) is 0 Å². The van der Waals surface area contributed by atoms with Crippen LogP contribution in [0, 0.1) is 11.7 Å². The van der Waals surface area contributed by atoms with E-state index >= 15 is 0 Å². The number of carbonyl (C=O) groups is 2. The zero-order valence-electron chi connectivity index (χ0n) is 12.9. The van der Waals surface area contributed by atoms with Gasteiger partial charge in [-0.3, -0.25) is 9.59 Å². The second kappa shape index (κ2) is 9.47. The molecule has 23 heavy (non-hydrogen) atoms. The molecule has 1 atom stereocenters. The Morgan fingerprint density at radius 3 is 2.48 bits per heavy atom. The number of nitrogens with one attached hydrogen (secondary N) is 2. The Hall–Kier alpha value is -1.66. The first kappa shape index (κ1) is 19.4. The van der Waals surface area contributed by atoms with Crippen molar-refractivity contribution in [3.8, 4) is 0 Å². The molecule has 128 valence electrons. The van der Waals surface area contributed by atoms with E-state index < -0.39 is 5.91 Å². The normalized spacial score (nSPS) is 15.6. The molecule has 0 heterocycles. The topological polar surface area (TPSA) is 84.2 Å². The van der Waals surface area contributed by atoms with E-state index in [9.17, 15) is 14.0 Å². The fourth-order valence-corrected chi connectivity index (χ4v) is 2.94. The minimum atomic E-state index is -0.390. The van der Waals surface area contributed by atoms with Crippen molar-refractivity contribution in [3.63, 3.8) is 0 Å². The quantitative estimate of drug-likeness (QED) is 0.734. The highest BCUT2D eigenvalue weighted by atomic mass is 35.5. The van der Waals surface area contributed by atoms with Crippen LogP contribution in [0.2, 0.25) is 0 Å². The molecule has 2 amide bonds. The Morgan fingerprint density at radius 2 is 1.87 bits per heavy atom. The van der Waals surface area contributed by atoms with Gasteiger partial charge >= 0.3 is 0 Å². The summed E-state index contributed by atoms with van der Waals surface area (Å²) in [5.41, 5.74) is 5.68. The van der Waals surface area contributed by atoms with Crippen LogP contribution in [0.3, 0.4) is 0 Å². The second-order valence-corrected chi connectivity index (χ2v) is 5.59. The van der Waals surface area contributed by atoms with Crippen molar-refractivity contribution in [2.75, 3.05) is 13.1 Å². The first-order valence-electron chi connectivity index (χ1n) is 7.62. The van der Waals surface area contributed by atoms with E-state index in [0.717, 1.165) is 25.7 Å². The van der Waals surface area contributed by atoms with Gasteiger partial charge in [-0.1, -0.05) is 31.0 Å². The van der Waals surface area contributed by atoms with Crippen molar-refractivity contribution in [1.82, 2.24) is 10.6 Å². The molecule has 1 unspecified atom stereocenters. The summed E-state index contributed by atoms with van der Waals surface area (Å²) < 4.78 is 14.1. The summed E-state index contributed by atoms with van der Waals surface area (Å²) in [6, 6.07) is 6.15. The van der Waals surface area contributed by atoms with E-state index in [0.29, 0.717) is 5.56 Å². The number of hydrogen-bond acceptors (Lipinski definition) is 3. The Bertz CT molecular complexity index is 536. The standard InChI is InChI=1S/C16H22FN3O2.ClH/c17-13-8-4-3-7-12(13)16(11-5-1-2-6-11)20-15(22)10-19-14(21)9-18;/h3-4,7-8,11,16H,1-2,5-6,9-10,18H2,(H,19,21)(H,20,22);1H. The SMILES string of the molecule is Cl.NCC(=O)NCC(=O)NC(c1ccccc1F)C1CCCC1. The third-order valence-electron chi connectivity index (χ3n) is 4.06. The van der Waals surface area contributed by atoms with Gasteiger partial charge in [-0.05, 0) is 24.8 Å². The number of halogens is 2. The molecule has 0 spiro atoms. The molecule has 0 radical (unpaired) electrons. The molecule has 1 aliphatic rings. The van der Waals surface area contributed by atoms with E-state index in [1.54, 1.807) is 18.2 Å². The number of nitrogens with two attached hydrogens (primary N) is 1. The van der Waals surface area contributed by atoms with Crippen molar-refractivity contribution < 1.29 is 14.0 Å². The predicted molar refractivity (Wildman–Crippen MR) is 88.6 cm³/mol. The van der Waals surface area contributed by atoms with Gasteiger partial charge in [-0.2, -0.15) is 0 Å². The van der Waals surface area contributed by atoms with Gasteiger partial charge in [0.25, 0.3) is 0 Å². The highest BCUT2D eigenvalue weighted by molar-refractivity contribution is 5.86. The molecular weight excluding hydrogens is 321 g/mol. The number of hydrogen-bond donors (Lipinski definition) is 3. The molecule has 0 aromatic heterocycles. The van der Waals surface area contributed by atoms with Crippen LogP contribution >= 0.6 is 12.4 Å². The lowest BCUT2D eigenvalue weighted by Crippen LogP contribution is -2.42. The van der Waals surface area contributed by atoms with Crippen LogP contribution in [-0.4, -0.2) is 24.9 Å². The molecule has 7 heteroatoms. The first-order valence-corrected chi connectivity index (χ1v) is 7.62. The fraction of sp³-hybridized carbons (Fsp3) is 0.500. The van der Waals surface area contributed by atoms with Crippen LogP contribution in [-0.2, 0) is 9.59 Å². The van der Waals surface area contributed by atoms with Crippen LogP contribution in [0.15, 0.2) is 24.3 Å². The molecule has 2 rings (SSSR count). The summed E-state index contributed by atoms with van der Waals surface area (Å²) >= 11 is 0. The van der Waals surface area contributed by atoms with Gasteiger partial charge in [0.1, 0.15) is 5.82 Å². The molecule has 1 saturated carbocycles. The van der Waals surface area contributed by atoms with Crippen LogP contribution in [0.4, 0.5) is 4.39 Å². The van der Waals surface area contributed by atoms with Gasteiger partial charge in [-0.25, -0.2) is 4.39 Å². The maximum atomic E-state index is 14.1. The monoisotopic (exact) mass is 343 g/mol. The molecule has 5 nitrogen and oxygen atoms in total. The van der Waals surface area contributed by atoms with Gasteiger partial charge in [0.05, 0.1) is 19.1 Å². The molecule has 4 N–H and O–H groups in total. The lowest BCUT2D eigenvalue weighted by atomic mass is 9.91. The Morgan fingerprint density at radius 1 is 1.22 bits per heavy atom. The summed E-state index contributed by atoms with van der Waals surface area (Å²) in [7, 11) is 0. The van der Waals surface area contributed by atoms with E-state index in [1.165, 1.54) is 6.07 Å². The van der Waals surface area contributed by atoms with Crippen LogP contribution in [0.25, 0.3) is 0 Å². The van der Waals surface area contributed by atoms with E-state index in [4.69, 9.17) is 5.73 Å². The second-order valence-electron chi connectivity index (χ2n) is 5.59. The maximum absolute atomic E-state index is 14.1. The van der Waals surface area contributed by atoms with Gasteiger partial charge < -0.3 is 16.4 Å². The van der Waals surface area contributed by atoms with E-state index in [1.807, 2.05) is 0 Å². The lowest BCUT2D eigenvalue weighted by Gasteiger charge is -2.25. The van der Waals surface area contributed by atoms with Gasteiger partial charge in [0.15, 0.2) is 0 Å². The molecular formula is C16H23ClFN3O2. The average Bonchev–Trinajstić information content (AvgIpc) is 3.05. The smallest absolute Gasteiger partial charge is 0.239 e. The zero-order valence-corrected chi connectivity index (χ0v) is 13.7. The third-order valence-corrected chi connectivity index (χ3v) is 4.06. The molecule has 1 aromatic carbocycles. The van der Waals surface area contributed by atoms with Crippen LogP contribution in [0.1, 0.15) is 37.3 Å². The highest BCUT2D eigenvalue weighted by Crippen LogP contribution is 2.36. The Balaban J connectivity index is 0.00000264. The molecule has 0 saturated heterocycles. The van der Waals surface area contributed by atoms with Crippen LogP contribution < -0.4 is 16.4 Å². The van der Waals surface area contributed by atoms with Crippen LogP contribution in [0.5, 0.6) is 0 Å². The maximum Gasteiger partial charge on any atom is 0.239 e. The van der Waals surface area contributed by atoms with E-state index in [2.05, 4.69) is 10.6 Å². The lowest BCUT2D eigenvalue weighted by molar-refractivity contribution is -0.126. The Labute approximate surface area is 141 Å². The Kier molecular flexibility index (Phi) is 7.98. The zero-order chi connectivity index (χ0) is 15.9. The largest absolute Gasteiger partial charge is 0.347 e. The molecule has 0 aliphatic heterocycles. The minimum absolute atomic E-state index is 0. The van der Waals surface area contributed by atoms with Gasteiger partial charge in [-0.15, -0.1) is 12.4 Å². The van der Waals surface area contributed by atoms with Gasteiger partial charge in [0, 0.05) is 5.56 Å². The number of carbonyl (C=O) groups excluding carboxylic acids is 2. The fourth-order valence-electron chi connectivity index (χ4n) is 2.94.